The second-order valence-corrected chi connectivity index (χ2v) is 14.3. The van der Waals surface area contributed by atoms with Crippen molar-refractivity contribution < 1.29 is 14.3 Å². The zero-order valence-electron chi connectivity index (χ0n) is 20.2. The van der Waals surface area contributed by atoms with Crippen LogP contribution in [0.15, 0.2) is 73.3 Å². The number of hydrogen-bond donors (Lipinski definition) is 2. The first-order valence-electron chi connectivity index (χ1n) is 11.8. The molecule has 35 heavy (non-hydrogen) atoms. The summed E-state index contributed by atoms with van der Waals surface area (Å²) in [5.74, 6) is 0.318. The van der Waals surface area contributed by atoms with E-state index in [1.54, 1.807) is 10.9 Å². The Balaban J connectivity index is 1.45. The summed E-state index contributed by atoms with van der Waals surface area (Å²) in [6.45, 7) is 6.97. The van der Waals surface area contributed by atoms with Crippen LogP contribution in [0.5, 0.6) is 0 Å². The molecule has 3 atom stereocenters. The number of aliphatic hydroxyl groups excluding tert-OH is 1. The summed E-state index contributed by atoms with van der Waals surface area (Å²) in [5.41, 5.74) is 7.05. The first-order valence-corrected chi connectivity index (χ1v) is 13.7. The third kappa shape index (κ3) is 4.14. The normalized spacial score (nSPS) is 21.0. The van der Waals surface area contributed by atoms with Gasteiger partial charge in [-0.15, -0.1) is 0 Å². The lowest BCUT2D eigenvalue weighted by molar-refractivity contribution is -0.0398. The number of aliphatic hydroxyl groups is 1. The Kier molecular flexibility index (Phi) is 6.18. The van der Waals surface area contributed by atoms with E-state index in [0.29, 0.717) is 23.4 Å². The summed E-state index contributed by atoms with van der Waals surface area (Å²) >= 11 is 0. The highest BCUT2D eigenvalue weighted by molar-refractivity contribution is 6.99. The molecular weight excluding hydrogens is 458 g/mol. The first kappa shape index (κ1) is 23.6. The van der Waals surface area contributed by atoms with Crippen LogP contribution in [0.4, 0.5) is 5.82 Å². The lowest BCUT2D eigenvalue weighted by Gasteiger charge is -2.43. The summed E-state index contributed by atoms with van der Waals surface area (Å²) in [6.07, 6.45) is 1.86. The zero-order chi connectivity index (χ0) is 24.6. The Hall–Kier alpha value is -3.11. The fourth-order valence-corrected chi connectivity index (χ4v) is 9.66. The van der Waals surface area contributed by atoms with Crippen LogP contribution in [0.1, 0.15) is 33.4 Å². The molecule has 1 fully saturated rings. The Morgan fingerprint density at radius 1 is 1.03 bits per heavy atom. The van der Waals surface area contributed by atoms with Gasteiger partial charge in [0.25, 0.3) is 8.32 Å². The smallest absolute Gasteiger partial charge is 0.261 e. The van der Waals surface area contributed by atoms with Crippen molar-refractivity contribution in [3.63, 3.8) is 0 Å². The van der Waals surface area contributed by atoms with E-state index in [1.165, 1.54) is 16.7 Å². The largest absolute Gasteiger partial charge is 0.405 e. The molecule has 9 heteroatoms. The van der Waals surface area contributed by atoms with E-state index in [1.807, 2.05) is 12.1 Å². The van der Waals surface area contributed by atoms with Crippen LogP contribution in [0.25, 0.3) is 11.2 Å². The standard InChI is InChI=1S/C26H31N5O3Si/c1-26(2,3)35(18-10-6-4-7-11-18,19-12-8-5-9-13-19)33-15-21-20(32)14-22(34-21)31-17-30-23-24(27)28-16-29-25(23)31/h4-13,16-17,20-22,32H,14-15H2,1-3H3,(H2,27,28,29)/t20-,21-,22-/m1/s1. The van der Waals surface area contributed by atoms with Crippen molar-refractivity contribution in [3.05, 3.63) is 73.3 Å². The highest BCUT2D eigenvalue weighted by Crippen LogP contribution is 2.38. The molecule has 0 aliphatic carbocycles. The van der Waals surface area contributed by atoms with Crippen molar-refractivity contribution in [2.75, 3.05) is 12.3 Å². The van der Waals surface area contributed by atoms with Crippen LogP contribution >= 0.6 is 0 Å². The van der Waals surface area contributed by atoms with Gasteiger partial charge in [-0.25, -0.2) is 15.0 Å². The van der Waals surface area contributed by atoms with Gasteiger partial charge in [0.2, 0.25) is 0 Å². The van der Waals surface area contributed by atoms with Crippen LogP contribution in [0, 0.1) is 0 Å². The van der Waals surface area contributed by atoms with E-state index in [4.69, 9.17) is 14.9 Å². The number of nitrogens with zero attached hydrogens (tertiary/aromatic N) is 4. The highest BCUT2D eigenvalue weighted by Gasteiger charge is 2.51. The molecule has 2 aromatic heterocycles. The number of ether oxygens (including phenoxy) is 1. The maximum atomic E-state index is 10.9. The zero-order valence-corrected chi connectivity index (χ0v) is 21.2. The molecule has 8 nitrogen and oxygen atoms in total. The van der Waals surface area contributed by atoms with Gasteiger partial charge in [-0.3, -0.25) is 4.57 Å². The van der Waals surface area contributed by atoms with Gasteiger partial charge in [-0.1, -0.05) is 81.4 Å². The van der Waals surface area contributed by atoms with E-state index in [9.17, 15) is 5.11 Å². The molecule has 1 aliphatic rings. The van der Waals surface area contributed by atoms with E-state index in [-0.39, 0.29) is 11.6 Å². The lowest BCUT2D eigenvalue weighted by atomic mass is 10.2. The maximum Gasteiger partial charge on any atom is 0.261 e. The fraction of sp³-hybridized carbons (Fsp3) is 0.346. The summed E-state index contributed by atoms with van der Waals surface area (Å²) < 4.78 is 15.1. The average Bonchev–Trinajstić information content (AvgIpc) is 3.44. The van der Waals surface area contributed by atoms with Gasteiger partial charge in [-0.05, 0) is 15.4 Å². The van der Waals surface area contributed by atoms with E-state index >= 15 is 0 Å². The molecule has 2 aromatic carbocycles. The molecule has 3 heterocycles. The average molecular weight is 490 g/mol. The van der Waals surface area contributed by atoms with Gasteiger partial charge in [-0.2, -0.15) is 0 Å². The van der Waals surface area contributed by atoms with Crippen molar-refractivity contribution >= 4 is 35.7 Å². The molecule has 0 radical (unpaired) electrons. The quantitative estimate of drug-likeness (QED) is 0.401. The number of aromatic nitrogens is 4. The number of fused-ring (bicyclic) bond motifs is 1. The molecular formula is C26H31N5O3Si. The topological polar surface area (TPSA) is 108 Å². The number of imidazole rings is 1. The van der Waals surface area contributed by atoms with Crippen molar-refractivity contribution in [1.82, 2.24) is 19.5 Å². The molecule has 0 unspecified atom stereocenters. The predicted octanol–water partition coefficient (Wildman–Crippen LogP) is 2.63. The van der Waals surface area contributed by atoms with Gasteiger partial charge in [0.05, 0.1) is 19.0 Å². The van der Waals surface area contributed by atoms with Crippen molar-refractivity contribution in [1.29, 1.82) is 0 Å². The van der Waals surface area contributed by atoms with Crippen molar-refractivity contribution in [2.24, 2.45) is 0 Å². The van der Waals surface area contributed by atoms with Gasteiger partial charge in [0, 0.05) is 6.42 Å². The summed E-state index contributed by atoms with van der Waals surface area (Å²) in [7, 11) is -2.73. The van der Waals surface area contributed by atoms with Gasteiger partial charge >= 0.3 is 0 Å². The van der Waals surface area contributed by atoms with Crippen LogP contribution in [0.2, 0.25) is 5.04 Å². The molecule has 0 amide bonds. The minimum atomic E-state index is -2.73. The number of nitrogens with two attached hydrogens (primary N) is 1. The molecule has 0 spiro atoms. The third-order valence-corrected chi connectivity index (χ3v) is 11.8. The number of nitrogen functional groups attached to an aromatic ring is 1. The maximum absolute atomic E-state index is 10.9. The Morgan fingerprint density at radius 3 is 2.26 bits per heavy atom. The Labute approximate surface area is 205 Å². The number of benzene rings is 2. The second-order valence-electron chi connectivity index (χ2n) is 9.99. The molecule has 1 saturated heterocycles. The Morgan fingerprint density at radius 2 is 1.66 bits per heavy atom. The monoisotopic (exact) mass is 489 g/mol. The molecule has 0 bridgehead atoms. The van der Waals surface area contributed by atoms with E-state index < -0.39 is 26.8 Å². The van der Waals surface area contributed by atoms with Crippen LogP contribution in [0.3, 0.4) is 0 Å². The lowest BCUT2D eigenvalue weighted by Crippen LogP contribution is -2.67. The van der Waals surface area contributed by atoms with Crippen LogP contribution in [-0.4, -0.2) is 51.8 Å². The first-order chi connectivity index (χ1) is 16.8. The Bertz CT molecular complexity index is 1250. The van der Waals surface area contributed by atoms with Crippen LogP contribution in [-0.2, 0) is 9.16 Å². The van der Waals surface area contributed by atoms with Gasteiger partial charge < -0.3 is 20.0 Å². The summed E-state index contributed by atoms with van der Waals surface area (Å²) in [4.78, 5) is 12.7. The molecule has 182 valence electrons. The molecule has 5 rings (SSSR count). The molecule has 3 N–H and O–H groups in total. The molecule has 1 aliphatic heterocycles. The number of rotatable bonds is 6. The number of anilines is 1. The van der Waals surface area contributed by atoms with E-state index in [2.05, 4.69) is 84.3 Å². The highest BCUT2D eigenvalue weighted by atomic mass is 28.4. The third-order valence-electron chi connectivity index (χ3n) is 6.78. The minimum Gasteiger partial charge on any atom is -0.405 e. The second kappa shape index (κ2) is 9.16. The van der Waals surface area contributed by atoms with E-state index in [0.717, 1.165) is 0 Å². The molecule has 0 saturated carbocycles. The number of hydrogen-bond acceptors (Lipinski definition) is 7. The van der Waals surface area contributed by atoms with Crippen LogP contribution < -0.4 is 16.1 Å². The summed E-state index contributed by atoms with van der Waals surface area (Å²) in [6, 6.07) is 20.9. The van der Waals surface area contributed by atoms with Gasteiger partial charge in [0.1, 0.15) is 24.2 Å². The fourth-order valence-electron chi connectivity index (χ4n) is 5.09. The SMILES string of the molecule is CC(C)(C)[Si](OC[C@H]1O[C@@H](n2cnc3c(N)ncnc32)C[C@H]1O)(c1ccccc1)c1ccccc1. The van der Waals surface area contributed by atoms with Crippen molar-refractivity contribution in [3.8, 4) is 0 Å². The predicted molar refractivity (Wildman–Crippen MR) is 138 cm³/mol. The van der Waals surface area contributed by atoms with Crippen molar-refractivity contribution in [2.45, 2.75) is 50.7 Å². The summed E-state index contributed by atoms with van der Waals surface area (Å²) in [5, 5.41) is 13.2. The van der Waals surface area contributed by atoms with Gasteiger partial charge in [0.15, 0.2) is 11.5 Å². The minimum absolute atomic E-state index is 0.159. The molecule has 4 aromatic rings.